The van der Waals surface area contributed by atoms with Crippen LogP contribution < -0.4 is 5.32 Å². The van der Waals surface area contributed by atoms with Crippen LogP contribution in [0.25, 0.3) is 0 Å². The van der Waals surface area contributed by atoms with Gasteiger partial charge in [-0.3, -0.25) is 10.1 Å². The second-order valence-electron chi connectivity index (χ2n) is 7.91. The summed E-state index contributed by atoms with van der Waals surface area (Å²) < 4.78 is 0. The topological polar surface area (TPSA) is 49.3 Å². The molecular formula is C23H28N3O+. The molecule has 4 rings (SSSR count). The summed E-state index contributed by atoms with van der Waals surface area (Å²) in [5.74, 6) is 2.33. The molecule has 2 aromatic rings. The van der Waals surface area contributed by atoms with Crippen molar-refractivity contribution in [2.75, 3.05) is 7.05 Å². The minimum Gasteiger partial charge on any atom is -0.341 e. The molecule has 2 aromatic carbocycles. The summed E-state index contributed by atoms with van der Waals surface area (Å²) in [5, 5.41) is 2.22. The van der Waals surface area contributed by atoms with Crippen LogP contribution in [0.4, 0.5) is 11.4 Å². The highest BCUT2D eigenvalue weighted by Crippen LogP contribution is 2.33. The van der Waals surface area contributed by atoms with Gasteiger partial charge in [-0.15, -0.1) is 0 Å². The number of aliphatic imine (C=N–C) groups is 1. The smallest absolute Gasteiger partial charge is 0.225 e. The Labute approximate surface area is 161 Å². The molecule has 4 nitrogen and oxygen atoms in total. The molecule has 0 atom stereocenters. The number of amidine groups is 1. The van der Waals surface area contributed by atoms with Crippen molar-refractivity contribution >= 4 is 23.1 Å². The van der Waals surface area contributed by atoms with E-state index in [0.29, 0.717) is 18.4 Å². The minimum absolute atomic E-state index is 0.182. The van der Waals surface area contributed by atoms with Crippen LogP contribution in [-0.2, 0) is 11.3 Å². The van der Waals surface area contributed by atoms with Crippen LogP contribution in [0.3, 0.4) is 0 Å². The number of carbonyl (C=O) groups excluding carboxylic acids is 1. The van der Waals surface area contributed by atoms with E-state index >= 15 is 0 Å². The van der Waals surface area contributed by atoms with Gasteiger partial charge in [-0.2, -0.15) is 4.99 Å². The third kappa shape index (κ3) is 4.28. The molecule has 1 amide bonds. The Bertz CT molecular complexity index is 823. The number of amides is 1. The van der Waals surface area contributed by atoms with E-state index in [0.717, 1.165) is 37.8 Å². The highest BCUT2D eigenvalue weighted by Gasteiger charge is 2.30. The van der Waals surface area contributed by atoms with E-state index in [-0.39, 0.29) is 5.92 Å². The van der Waals surface area contributed by atoms with Gasteiger partial charge in [-0.1, -0.05) is 42.5 Å². The molecule has 0 bridgehead atoms. The molecule has 1 aliphatic carbocycles. The summed E-state index contributed by atoms with van der Waals surface area (Å²) in [7, 11) is 1.93. The lowest BCUT2D eigenvalue weighted by Gasteiger charge is -2.30. The summed E-state index contributed by atoms with van der Waals surface area (Å²) in [5.41, 5.74) is 3.52. The zero-order chi connectivity index (χ0) is 18.6. The summed E-state index contributed by atoms with van der Waals surface area (Å²) in [6.45, 7) is 0.698. The van der Waals surface area contributed by atoms with Gasteiger partial charge in [0, 0.05) is 32.0 Å². The first-order chi connectivity index (χ1) is 13.2. The quantitative estimate of drug-likeness (QED) is 0.809. The molecule has 0 saturated heterocycles. The van der Waals surface area contributed by atoms with Gasteiger partial charge in [-0.25, -0.2) is 0 Å². The first kappa shape index (κ1) is 17.9. The average molecular weight is 362 g/mol. The molecule has 1 saturated carbocycles. The van der Waals surface area contributed by atoms with Crippen LogP contribution in [0, 0.1) is 11.8 Å². The zero-order valence-electron chi connectivity index (χ0n) is 16.0. The van der Waals surface area contributed by atoms with Crippen molar-refractivity contribution in [2.24, 2.45) is 16.8 Å². The van der Waals surface area contributed by atoms with E-state index in [2.05, 4.69) is 35.6 Å². The fourth-order valence-electron chi connectivity index (χ4n) is 4.34. The van der Waals surface area contributed by atoms with Gasteiger partial charge in [0.05, 0.1) is 0 Å². The number of quaternary nitrogens is 1. The van der Waals surface area contributed by atoms with Crippen molar-refractivity contribution in [1.29, 1.82) is 0 Å². The molecule has 0 aromatic heterocycles. The molecule has 2 aliphatic rings. The normalized spacial score (nSPS) is 21.4. The number of rotatable bonds is 5. The highest BCUT2D eigenvalue weighted by atomic mass is 16.2. The Hall–Kier alpha value is -2.46. The molecule has 1 fully saturated rings. The van der Waals surface area contributed by atoms with Crippen LogP contribution in [0.5, 0.6) is 0 Å². The second-order valence-corrected chi connectivity index (χ2v) is 7.91. The lowest BCUT2D eigenvalue weighted by atomic mass is 9.79. The highest BCUT2D eigenvalue weighted by molar-refractivity contribution is 5.85. The predicted octanol–water partition coefficient (Wildman–Crippen LogP) is 3.78. The van der Waals surface area contributed by atoms with E-state index in [1.165, 1.54) is 17.1 Å². The lowest BCUT2D eigenvalue weighted by molar-refractivity contribution is -0.441. The van der Waals surface area contributed by atoms with Crippen LogP contribution in [0.15, 0.2) is 59.6 Å². The Morgan fingerprint density at radius 1 is 1.04 bits per heavy atom. The predicted molar refractivity (Wildman–Crippen MR) is 108 cm³/mol. The molecule has 0 unspecified atom stereocenters. The number of nitrogens with two attached hydrogens (primary N) is 1. The Kier molecular flexibility index (Phi) is 5.35. The number of hydrogen-bond donors (Lipinski definition) is 1. The number of hydrogen-bond acceptors (Lipinski definition) is 2. The van der Waals surface area contributed by atoms with E-state index in [1.807, 2.05) is 36.2 Å². The van der Waals surface area contributed by atoms with Crippen molar-refractivity contribution in [3.05, 3.63) is 60.2 Å². The van der Waals surface area contributed by atoms with E-state index in [1.54, 1.807) is 0 Å². The van der Waals surface area contributed by atoms with E-state index in [9.17, 15) is 4.79 Å². The fraction of sp³-hybridized carbons (Fsp3) is 0.391. The Morgan fingerprint density at radius 3 is 2.48 bits per heavy atom. The summed E-state index contributed by atoms with van der Waals surface area (Å²) >= 11 is 0. The molecule has 1 aliphatic heterocycles. The molecular weight excluding hydrogens is 334 g/mol. The summed E-state index contributed by atoms with van der Waals surface area (Å²) in [6, 6.07) is 18.5. The monoisotopic (exact) mass is 362 g/mol. The van der Waals surface area contributed by atoms with Gasteiger partial charge in [0.2, 0.25) is 11.7 Å². The molecule has 0 spiro atoms. The third-order valence-electron chi connectivity index (χ3n) is 5.86. The van der Waals surface area contributed by atoms with Crippen molar-refractivity contribution in [2.45, 2.75) is 38.6 Å². The maximum Gasteiger partial charge on any atom is 0.225 e. The number of benzene rings is 2. The molecule has 140 valence electrons. The molecule has 27 heavy (non-hydrogen) atoms. The second kappa shape index (κ2) is 8.05. The standard InChI is InChI=1S/C23H27N3O/c1-26(16-18-7-3-2-4-8-18)23(27)19-13-11-17(12-14-19)15-22-24-20-9-5-6-10-21(20)25-22/h2-10,17,19H,11-16H2,1H3,(H,24,25)/p+1. The van der Waals surface area contributed by atoms with Gasteiger partial charge < -0.3 is 4.90 Å². The SMILES string of the molecule is CN(Cc1ccccc1)C(=O)C1CCC(CC2=Nc3ccccc3[NH2+]2)CC1. The average Bonchev–Trinajstić information content (AvgIpc) is 3.11. The van der Waals surface area contributed by atoms with Crippen molar-refractivity contribution in [3.8, 4) is 0 Å². The molecule has 2 N–H and O–H groups in total. The van der Waals surface area contributed by atoms with Crippen molar-refractivity contribution in [3.63, 3.8) is 0 Å². The van der Waals surface area contributed by atoms with Crippen molar-refractivity contribution < 1.29 is 10.1 Å². The maximum absolute atomic E-state index is 12.8. The molecule has 0 radical (unpaired) electrons. The fourth-order valence-corrected chi connectivity index (χ4v) is 4.34. The first-order valence-electron chi connectivity index (χ1n) is 9.99. The third-order valence-corrected chi connectivity index (χ3v) is 5.86. The van der Waals surface area contributed by atoms with Crippen LogP contribution in [-0.4, -0.2) is 23.7 Å². The Morgan fingerprint density at radius 2 is 1.74 bits per heavy atom. The number of nitrogens with zero attached hydrogens (tertiary/aromatic N) is 2. The molecule has 1 heterocycles. The lowest BCUT2D eigenvalue weighted by Crippen LogP contribution is -2.80. The van der Waals surface area contributed by atoms with Crippen LogP contribution in [0.2, 0.25) is 0 Å². The van der Waals surface area contributed by atoms with Gasteiger partial charge >= 0.3 is 0 Å². The summed E-state index contributed by atoms with van der Waals surface area (Å²) in [4.78, 5) is 19.5. The largest absolute Gasteiger partial charge is 0.341 e. The first-order valence-corrected chi connectivity index (χ1v) is 9.99. The number of carbonyl (C=O) groups is 1. The van der Waals surface area contributed by atoms with Gasteiger partial charge in [0.15, 0.2) is 5.69 Å². The Balaban J connectivity index is 1.26. The van der Waals surface area contributed by atoms with Crippen molar-refractivity contribution in [1.82, 2.24) is 4.90 Å². The van der Waals surface area contributed by atoms with Crippen LogP contribution in [0.1, 0.15) is 37.7 Å². The molecule has 4 heteroatoms. The van der Waals surface area contributed by atoms with E-state index in [4.69, 9.17) is 4.99 Å². The van der Waals surface area contributed by atoms with E-state index < -0.39 is 0 Å². The number of para-hydroxylation sites is 2. The maximum atomic E-state index is 12.8. The minimum atomic E-state index is 0.182. The van der Waals surface area contributed by atoms with Gasteiger partial charge in [0.25, 0.3) is 0 Å². The van der Waals surface area contributed by atoms with Gasteiger partial charge in [-0.05, 0) is 43.2 Å². The summed E-state index contributed by atoms with van der Waals surface area (Å²) in [6.07, 6.45) is 5.29. The zero-order valence-corrected chi connectivity index (χ0v) is 16.0. The number of fused-ring (bicyclic) bond motifs is 1. The van der Waals surface area contributed by atoms with Gasteiger partial charge in [0.1, 0.15) is 5.69 Å². The van der Waals surface area contributed by atoms with Crippen LogP contribution >= 0.6 is 0 Å².